The third kappa shape index (κ3) is 5.58. The van der Waals surface area contributed by atoms with Crippen LogP contribution in [0.2, 0.25) is 0 Å². The molecule has 2 aromatic rings. The lowest BCUT2D eigenvalue weighted by atomic mass is 10.1. The number of rotatable bonds is 6. The number of aliphatic hydroxyl groups is 1. The van der Waals surface area contributed by atoms with Crippen molar-refractivity contribution >= 4 is 5.82 Å². The van der Waals surface area contributed by atoms with Crippen molar-refractivity contribution in [3.05, 3.63) is 57.1 Å². The number of hydrogen-bond acceptors (Lipinski definition) is 6. The standard InChI is InChI=1S/C19H22F3N3O3.CHN/c1-11(12-4-6-13(7-5-12)19(20,21)22)23-16-14(8-9-26)18(27)25-17(24-16)15-3-2-10-28-15;1-2/h4-7,11,15,26H,2-3,8-10H2,1H3,(H2,23,24,25,27);1H. The summed E-state index contributed by atoms with van der Waals surface area (Å²) in [6, 6.07) is 4.42. The van der Waals surface area contributed by atoms with Crippen molar-refractivity contribution in [2.75, 3.05) is 18.5 Å². The van der Waals surface area contributed by atoms with E-state index in [0.717, 1.165) is 25.0 Å². The maximum Gasteiger partial charge on any atom is 0.416 e. The third-order valence-electron chi connectivity index (χ3n) is 4.72. The minimum atomic E-state index is -4.39. The summed E-state index contributed by atoms with van der Waals surface area (Å²) in [5.41, 5.74) is -0.178. The summed E-state index contributed by atoms with van der Waals surface area (Å²) in [6.45, 7) is 5.63. The van der Waals surface area contributed by atoms with E-state index in [2.05, 4.69) is 21.9 Å². The SMILES string of the molecule is C#N.CC(Nc1nc(C2CCCO2)[nH]c(=O)c1CCO)c1ccc(C(F)(F)F)cc1. The number of hydrogen-bond donors (Lipinski definition) is 3. The third-order valence-corrected chi connectivity index (χ3v) is 4.72. The highest BCUT2D eigenvalue weighted by atomic mass is 19.4. The van der Waals surface area contributed by atoms with Crippen LogP contribution in [0.15, 0.2) is 29.1 Å². The average molecular weight is 424 g/mol. The molecule has 0 saturated carbocycles. The molecule has 1 aromatic carbocycles. The average Bonchev–Trinajstić information content (AvgIpc) is 3.26. The Balaban J connectivity index is 0.00000155. The molecule has 1 fully saturated rings. The number of nitrogens with one attached hydrogen (secondary N) is 2. The Hall–Kier alpha value is -2.90. The first kappa shape index (κ1) is 23.4. The van der Waals surface area contributed by atoms with Crippen LogP contribution >= 0.6 is 0 Å². The Morgan fingerprint density at radius 3 is 2.57 bits per heavy atom. The van der Waals surface area contributed by atoms with E-state index in [1.54, 1.807) is 6.92 Å². The first-order chi connectivity index (χ1) is 14.3. The van der Waals surface area contributed by atoms with Gasteiger partial charge in [-0.25, -0.2) is 10.2 Å². The molecule has 2 atom stereocenters. The lowest BCUT2D eigenvalue weighted by molar-refractivity contribution is -0.137. The molecule has 2 heterocycles. The fraction of sp³-hybridized carbons (Fsp3) is 0.450. The van der Waals surface area contributed by atoms with Crippen LogP contribution in [0.25, 0.3) is 0 Å². The topological polar surface area (TPSA) is 111 Å². The molecule has 1 aliphatic rings. The molecule has 0 spiro atoms. The predicted molar refractivity (Wildman–Crippen MR) is 104 cm³/mol. The van der Waals surface area contributed by atoms with Crippen molar-refractivity contribution in [2.45, 2.75) is 44.5 Å². The molecule has 1 aliphatic heterocycles. The number of nitriles is 1. The van der Waals surface area contributed by atoms with E-state index in [4.69, 9.17) is 10.00 Å². The number of anilines is 1. The highest BCUT2D eigenvalue weighted by Crippen LogP contribution is 2.31. The molecule has 7 nitrogen and oxygen atoms in total. The second-order valence-electron chi connectivity index (χ2n) is 6.74. The molecule has 0 bridgehead atoms. The first-order valence-corrected chi connectivity index (χ1v) is 9.34. The van der Waals surface area contributed by atoms with Crippen LogP contribution in [0.1, 0.15) is 54.4 Å². The van der Waals surface area contributed by atoms with E-state index in [1.807, 2.05) is 0 Å². The van der Waals surface area contributed by atoms with E-state index in [-0.39, 0.29) is 24.7 Å². The van der Waals surface area contributed by atoms with Gasteiger partial charge in [0.05, 0.1) is 11.1 Å². The van der Waals surface area contributed by atoms with Gasteiger partial charge in [0.25, 0.3) is 5.56 Å². The van der Waals surface area contributed by atoms with Gasteiger partial charge in [0.1, 0.15) is 17.7 Å². The second-order valence-corrected chi connectivity index (χ2v) is 6.74. The smallest absolute Gasteiger partial charge is 0.396 e. The highest BCUT2D eigenvalue weighted by molar-refractivity contribution is 5.46. The Bertz CT molecular complexity index is 904. The molecule has 0 radical (unpaired) electrons. The molecule has 0 amide bonds. The molecule has 1 saturated heterocycles. The van der Waals surface area contributed by atoms with Crippen molar-refractivity contribution in [3.63, 3.8) is 0 Å². The summed E-state index contributed by atoms with van der Waals surface area (Å²) in [5, 5.41) is 18.9. The van der Waals surface area contributed by atoms with Crippen LogP contribution in [0.4, 0.5) is 19.0 Å². The summed E-state index contributed by atoms with van der Waals surface area (Å²) in [6.07, 6.45) is -2.96. The summed E-state index contributed by atoms with van der Waals surface area (Å²) >= 11 is 0. The van der Waals surface area contributed by atoms with Crippen molar-refractivity contribution < 1.29 is 23.0 Å². The Morgan fingerprint density at radius 2 is 2.03 bits per heavy atom. The minimum absolute atomic E-state index is 0.107. The Labute approximate surface area is 171 Å². The number of aromatic amines is 1. The molecular weight excluding hydrogens is 401 g/mol. The van der Waals surface area contributed by atoms with E-state index in [1.165, 1.54) is 12.1 Å². The van der Waals surface area contributed by atoms with Crippen molar-refractivity contribution in [1.29, 1.82) is 5.26 Å². The zero-order chi connectivity index (χ0) is 22.3. The summed E-state index contributed by atoms with van der Waals surface area (Å²) in [4.78, 5) is 19.6. The number of nitrogens with zero attached hydrogens (tertiary/aromatic N) is 2. The lowest BCUT2D eigenvalue weighted by Gasteiger charge is -2.19. The zero-order valence-electron chi connectivity index (χ0n) is 16.4. The largest absolute Gasteiger partial charge is 0.416 e. The van der Waals surface area contributed by atoms with E-state index in [0.29, 0.717) is 29.4 Å². The van der Waals surface area contributed by atoms with Crippen LogP contribution in [0, 0.1) is 11.8 Å². The number of ether oxygens (including phenoxy) is 1. The van der Waals surface area contributed by atoms with Gasteiger partial charge in [0, 0.05) is 32.2 Å². The number of halogens is 3. The van der Waals surface area contributed by atoms with Gasteiger partial charge in [-0.15, -0.1) is 0 Å². The van der Waals surface area contributed by atoms with Gasteiger partial charge in [-0.2, -0.15) is 13.2 Å². The van der Waals surface area contributed by atoms with Crippen molar-refractivity contribution in [3.8, 4) is 6.57 Å². The van der Waals surface area contributed by atoms with Crippen molar-refractivity contribution in [2.24, 2.45) is 0 Å². The van der Waals surface area contributed by atoms with Crippen LogP contribution in [-0.4, -0.2) is 28.3 Å². The molecule has 10 heteroatoms. The zero-order valence-corrected chi connectivity index (χ0v) is 16.4. The van der Waals surface area contributed by atoms with Crippen LogP contribution in [-0.2, 0) is 17.3 Å². The monoisotopic (exact) mass is 424 g/mol. The van der Waals surface area contributed by atoms with Crippen molar-refractivity contribution in [1.82, 2.24) is 9.97 Å². The van der Waals surface area contributed by atoms with Gasteiger partial charge in [-0.1, -0.05) is 12.1 Å². The molecule has 0 aliphatic carbocycles. The Kier molecular flexibility index (Phi) is 7.97. The molecule has 2 unspecified atom stereocenters. The Morgan fingerprint density at radius 1 is 1.37 bits per heavy atom. The normalized spacial score (nSPS) is 17.1. The fourth-order valence-corrected chi connectivity index (χ4v) is 3.17. The van der Waals surface area contributed by atoms with Crippen LogP contribution in [0.3, 0.4) is 0 Å². The van der Waals surface area contributed by atoms with Crippen LogP contribution in [0.5, 0.6) is 0 Å². The van der Waals surface area contributed by atoms with Gasteiger partial charge >= 0.3 is 6.18 Å². The summed E-state index contributed by atoms with van der Waals surface area (Å²) in [7, 11) is 0. The van der Waals surface area contributed by atoms with Gasteiger partial charge in [0.15, 0.2) is 0 Å². The van der Waals surface area contributed by atoms with E-state index >= 15 is 0 Å². The number of aliphatic hydroxyl groups excluding tert-OH is 1. The number of benzene rings is 1. The first-order valence-electron chi connectivity index (χ1n) is 9.34. The molecule has 3 N–H and O–H groups in total. The second kappa shape index (κ2) is 10.2. The van der Waals surface area contributed by atoms with E-state index in [9.17, 15) is 23.1 Å². The molecule has 1 aromatic heterocycles. The number of alkyl halides is 3. The molecular formula is C20H23F3N4O3. The summed E-state index contributed by atoms with van der Waals surface area (Å²) in [5.74, 6) is 0.710. The highest BCUT2D eigenvalue weighted by Gasteiger charge is 2.30. The minimum Gasteiger partial charge on any atom is -0.396 e. The molecule has 162 valence electrons. The molecule has 30 heavy (non-hydrogen) atoms. The number of aromatic nitrogens is 2. The molecule has 3 rings (SSSR count). The predicted octanol–water partition coefficient (Wildman–Crippen LogP) is 3.49. The number of H-pyrrole nitrogens is 1. The fourth-order valence-electron chi connectivity index (χ4n) is 3.17. The van der Waals surface area contributed by atoms with E-state index < -0.39 is 17.8 Å². The van der Waals surface area contributed by atoms with Gasteiger partial charge in [-0.05, 0) is 37.5 Å². The van der Waals surface area contributed by atoms with Gasteiger partial charge in [-0.3, -0.25) is 4.79 Å². The van der Waals surface area contributed by atoms with Crippen LogP contribution < -0.4 is 10.9 Å². The quantitative estimate of drug-likeness (QED) is 0.655. The summed E-state index contributed by atoms with van der Waals surface area (Å²) < 4.78 is 43.8. The van der Waals surface area contributed by atoms with Gasteiger partial charge < -0.3 is 20.1 Å². The van der Waals surface area contributed by atoms with Gasteiger partial charge in [0.2, 0.25) is 0 Å². The maximum absolute atomic E-state index is 12.7. The lowest BCUT2D eigenvalue weighted by Crippen LogP contribution is -2.23. The maximum atomic E-state index is 12.7.